The van der Waals surface area contributed by atoms with Crippen molar-refractivity contribution in [3.8, 4) is 5.75 Å². The Morgan fingerprint density at radius 2 is 1.65 bits per heavy atom. The van der Waals surface area contributed by atoms with Gasteiger partial charge in [-0.15, -0.1) is 0 Å². The predicted octanol–water partition coefficient (Wildman–Crippen LogP) is 5.20. The number of carboxylic acids is 1. The Balaban J connectivity index is 1.58. The number of unbranched alkanes of at least 4 members (excludes halogenated alkanes) is 4. The summed E-state index contributed by atoms with van der Waals surface area (Å²) in [6.07, 6.45) is 5.76. The van der Waals surface area contributed by atoms with Crippen molar-refractivity contribution in [2.45, 2.75) is 38.5 Å². The van der Waals surface area contributed by atoms with E-state index in [1.165, 1.54) is 10.8 Å². The molecule has 122 valence electrons. The highest BCUT2D eigenvalue weighted by molar-refractivity contribution is 5.85. The van der Waals surface area contributed by atoms with Crippen LogP contribution in [0.2, 0.25) is 0 Å². The topological polar surface area (TPSA) is 46.5 Å². The first-order chi connectivity index (χ1) is 11.2. The molecule has 2 rings (SSSR count). The van der Waals surface area contributed by atoms with Crippen LogP contribution < -0.4 is 4.74 Å². The lowest BCUT2D eigenvalue weighted by Gasteiger charge is -2.07. The number of hydrogen-bond donors (Lipinski definition) is 1. The van der Waals surface area contributed by atoms with Crippen molar-refractivity contribution in [1.29, 1.82) is 0 Å². The molecule has 0 saturated carbocycles. The molecule has 23 heavy (non-hydrogen) atoms. The summed E-state index contributed by atoms with van der Waals surface area (Å²) in [5, 5.41) is 11.1. The van der Waals surface area contributed by atoms with E-state index in [1.54, 1.807) is 0 Å². The molecular formula is C20H24O3. The maximum absolute atomic E-state index is 10.6. The molecule has 0 aromatic heterocycles. The van der Waals surface area contributed by atoms with Gasteiger partial charge >= 0.3 is 5.97 Å². The molecule has 0 fully saturated rings. The third-order valence-corrected chi connectivity index (χ3v) is 3.92. The second-order valence-corrected chi connectivity index (χ2v) is 5.78. The van der Waals surface area contributed by atoms with Crippen LogP contribution in [0.1, 0.15) is 38.5 Å². The van der Waals surface area contributed by atoms with Crippen LogP contribution in [0, 0.1) is 0 Å². The van der Waals surface area contributed by atoms with E-state index in [2.05, 4.69) is 30.8 Å². The van der Waals surface area contributed by atoms with Crippen molar-refractivity contribution in [1.82, 2.24) is 0 Å². The van der Waals surface area contributed by atoms with Gasteiger partial charge in [0.2, 0.25) is 0 Å². The Morgan fingerprint density at radius 3 is 2.43 bits per heavy atom. The van der Waals surface area contributed by atoms with E-state index in [4.69, 9.17) is 9.84 Å². The highest BCUT2D eigenvalue weighted by Crippen LogP contribution is 2.20. The van der Waals surface area contributed by atoms with Gasteiger partial charge in [-0.05, 0) is 42.2 Å². The van der Waals surface area contributed by atoms with Crippen LogP contribution in [-0.4, -0.2) is 17.7 Å². The highest BCUT2D eigenvalue weighted by atomic mass is 16.5. The van der Waals surface area contributed by atoms with E-state index < -0.39 is 5.97 Å². The number of aliphatic carboxylic acids is 1. The van der Waals surface area contributed by atoms with Gasteiger partial charge in [-0.3, -0.25) is 0 Å². The Labute approximate surface area is 137 Å². The highest BCUT2D eigenvalue weighted by Gasteiger charge is 2.02. The van der Waals surface area contributed by atoms with Gasteiger partial charge in [-0.2, -0.15) is 0 Å². The van der Waals surface area contributed by atoms with Crippen LogP contribution in [0.4, 0.5) is 0 Å². The lowest BCUT2D eigenvalue weighted by molar-refractivity contribution is -0.132. The van der Waals surface area contributed by atoms with Crippen LogP contribution in [0.25, 0.3) is 10.8 Å². The molecule has 3 heteroatoms. The van der Waals surface area contributed by atoms with Gasteiger partial charge in [0.25, 0.3) is 0 Å². The van der Waals surface area contributed by atoms with E-state index >= 15 is 0 Å². The van der Waals surface area contributed by atoms with Crippen LogP contribution in [0.5, 0.6) is 5.75 Å². The van der Waals surface area contributed by atoms with Crippen molar-refractivity contribution < 1.29 is 14.6 Å². The molecule has 0 amide bonds. The van der Waals surface area contributed by atoms with Gasteiger partial charge in [0.05, 0.1) is 6.61 Å². The molecule has 0 aliphatic rings. The van der Waals surface area contributed by atoms with Gasteiger partial charge in [0.1, 0.15) is 5.75 Å². The summed E-state index contributed by atoms with van der Waals surface area (Å²) in [7, 11) is 0. The number of carbonyl (C=O) groups is 1. The molecular weight excluding hydrogens is 288 g/mol. The minimum Gasteiger partial charge on any atom is -0.494 e. The first-order valence-electron chi connectivity index (χ1n) is 8.19. The lowest BCUT2D eigenvalue weighted by atomic mass is 10.1. The Kier molecular flexibility index (Phi) is 6.67. The molecule has 0 atom stereocenters. The fraction of sp³-hybridized carbons (Fsp3) is 0.350. The molecule has 0 radical (unpaired) electrons. The minimum absolute atomic E-state index is 0.310. The van der Waals surface area contributed by atoms with E-state index in [0.29, 0.717) is 12.0 Å². The molecule has 2 aromatic carbocycles. The van der Waals surface area contributed by atoms with Gasteiger partial charge in [0.15, 0.2) is 0 Å². The molecule has 0 saturated heterocycles. The molecule has 1 N–H and O–H groups in total. The second-order valence-electron chi connectivity index (χ2n) is 5.78. The summed E-state index contributed by atoms with van der Waals surface area (Å²) in [5.41, 5.74) is 0.310. The lowest BCUT2D eigenvalue weighted by Crippen LogP contribution is -1.99. The number of fused-ring (bicyclic) bond motifs is 1. The Morgan fingerprint density at radius 1 is 0.957 bits per heavy atom. The normalized spacial score (nSPS) is 10.6. The minimum atomic E-state index is -0.881. The monoisotopic (exact) mass is 312 g/mol. The smallest absolute Gasteiger partial charge is 0.330 e. The zero-order chi connectivity index (χ0) is 16.5. The van der Waals surface area contributed by atoms with Crippen LogP contribution in [0.3, 0.4) is 0 Å². The molecule has 0 unspecified atom stereocenters. The molecule has 0 bridgehead atoms. The zero-order valence-electron chi connectivity index (χ0n) is 13.5. The second kappa shape index (κ2) is 8.99. The SMILES string of the molecule is C=C(CCCCCCCOc1ccc2ccccc2c1)C(=O)O. The number of carboxylic acid groups (broad SMARTS) is 1. The van der Waals surface area contributed by atoms with Crippen LogP contribution in [-0.2, 0) is 4.79 Å². The van der Waals surface area contributed by atoms with E-state index in [1.807, 2.05) is 18.2 Å². The van der Waals surface area contributed by atoms with Crippen molar-refractivity contribution >= 4 is 16.7 Å². The zero-order valence-corrected chi connectivity index (χ0v) is 13.5. The van der Waals surface area contributed by atoms with Gasteiger partial charge in [-0.25, -0.2) is 4.79 Å². The van der Waals surface area contributed by atoms with E-state index in [-0.39, 0.29) is 0 Å². The standard InChI is InChI=1S/C20H24O3/c1-16(20(21)22)9-5-3-2-4-8-14-23-19-13-12-17-10-6-7-11-18(17)15-19/h6-7,10-13,15H,1-5,8-9,14H2,(H,21,22). The summed E-state index contributed by atoms with van der Waals surface area (Å²) >= 11 is 0. The first kappa shape index (κ1) is 17.1. The number of hydrogen-bond acceptors (Lipinski definition) is 2. The average Bonchev–Trinajstić information content (AvgIpc) is 2.56. The van der Waals surface area contributed by atoms with Gasteiger partial charge in [-0.1, -0.05) is 56.2 Å². The average molecular weight is 312 g/mol. The third-order valence-electron chi connectivity index (χ3n) is 3.92. The fourth-order valence-electron chi connectivity index (χ4n) is 2.52. The first-order valence-corrected chi connectivity index (χ1v) is 8.19. The van der Waals surface area contributed by atoms with Crippen molar-refractivity contribution in [2.24, 2.45) is 0 Å². The number of benzene rings is 2. The maximum atomic E-state index is 10.6. The van der Waals surface area contributed by atoms with Crippen molar-refractivity contribution in [2.75, 3.05) is 6.61 Å². The van der Waals surface area contributed by atoms with Crippen LogP contribution in [0.15, 0.2) is 54.6 Å². The van der Waals surface area contributed by atoms with Gasteiger partial charge in [0, 0.05) is 5.57 Å². The summed E-state index contributed by atoms with van der Waals surface area (Å²) in [6, 6.07) is 14.4. The maximum Gasteiger partial charge on any atom is 0.330 e. The van der Waals surface area contributed by atoms with E-state index in [9.17, 15) is 4.79 Å². The number of ether oxygens (including phenoxy) is 1. The van der Waals surface area contributed by atoms with Crippen molar-refractivity contribution in [3.63, 3.8) is 0 Å². The van der Waals surface area contributed by atoms with Crippen molar-refractivity contribution in [3.05, 3.63) is 54.6 Å². The Bertz CT molecular complexity index is 661. The molecule has 2 aromatic rings. The quantitative estimate of drug-likeness (QED) is 0.484. The predicted molar refractivity (Wildman–Crippen MR) is 93.9 cm³/mol. The summed E-state index contributed by atoms with van der Waals surface area (Å²) in [6.45, 7) is 4.26. The largest absolute Gasteiger partial charge is 0.494 e. The Hall–Kier alpha value is -2.29. The molecule has 0 aliphatic carbocycles. The molecule has 0 aliphatic heterocycles. The molecule has 0 spiro atoms. The molecule has 3 nitrogen and oxygen atoms in total. The molecule has 0 heterocycles. The fourth-order valence-corrected chi connectivity index (χ4v) is 2.52. The summed E-state index contributed by atoms with van der Waals surface area (Å²) in [5.74, 6) is 0.0373. The third kappa shape index (κ3) is 5.78. The van der Waals surface area contributed by atoms with Crippen LogP contribution >= 0.6 is 0 Å². The summed E-state index contributed by atoms with van der Waals surface area (Å²) < 4.78 is 5.80. The summed E-state index contributed by atoms with van der Waals surface area (Å²) in [4.78, 5) is 10.6. The number of rotatable bonds is 10. The van der Waals surface area contributed by atoms with Gasteiger partial charge < -0.3 is 9.84 Å². The van der Waals surface area contributed by atoms with E-state index in [0.717, 1.165) is 44.5 Å².